The first-order chi connectivity index (χ1) is 3.46. The molecule has 0 aromatic carbocycles. The van der Waals surface area contributed by atoms with Crippen molar-refractivity contribution in [2.45, 2.75) is 0 Å². The molecule has 0 aromatic rings. The number of rotatable bonds is 0. The van der Waals surface area contributed by atoms with Crippen LogP contribution in [-0.2, 0) is 0 Å². The first-order valence-electron chi connectivity index (χ1n) is 1.13. The second kappa shape index (κ2) is 16.7. The molecule has 10 heavy (non-hydrogen) atoms. The third-order valence-corrected chi connectivity index (χ3v) is 0. The van der Waals surface area contributed by atoms with Gasteiger partial charge in [-0.05, 0) is 0 Å². The van der Waals surface area contributed by atoms with Crippen molar-refractivity contribution in [2.24, 2.45) is 0 Å². The SMILES string of the molecule is O=[N+]([O-])O.O=[N+]([O-])O.[Ca+2].[H-].[H-].[H-].[K+]. The molecule has 0 amide bonds. The molecule has 0 heterocycles. The zero-order valence-electron chi connectivity index (χ0n) is 8.13. The molecule has 0 saturated carbocycles. The maximum Gasteiger partial charge on any atom is 2.00 e. The molecule has 0 saturated heterocycles. The first kappa shape index (κ1) is 22.5. The molecule has 10 heteroatoms. The minimum Gasteiger partial charge on any atom is -1.00 e. The van der Waals surface area contributed by atoms with Crippen molar-refractivity contribution < 1.29 is 76.3 Å². The molecule has 0 atom stereocenters. The number of hydrogen-bond donors (Lipinski definition) is 2. The molecule has 0 radical (unpaired) electrons. The molecule has 2 N–H and O–H groups in total. The second-order valence-corrected chi connectivity index (χ2v) is 0.476. The summed E-state index contributed by atoms with van der Waals surface area (Å²) in [6.45, 7) is 0. The van der Waals surface area contributed by atoms with E-state index in [1.54, 1.807) is 0 Å². The van der Waals surface area contributed by atoms with Crippen molar-refractivity contribution >= 4 is 37.7 Å². The van der Waals surface area contributed by atoms with Crippen LogP contribution < -0.4 is 51.4 Å². The van der Waals surface area contributed by atoms with Gasteiger partial charge in [0.1, 0.15) is 0 Å². The predicted octanol–water partition coefficient (Wildman–Crippen LogP) is -3.73. The Labute approximate surface area is 132 Å². The minimum atomic E-state index is -1.50. The van der Waals surface area contributed by atoms with Gasteiger partial charge in [0.2, 0.25) is 0 Å². The van der Waals surface area contributed by atoms with Gasteiger partial charge in [-0.3, -0.25) is 0 Å². The Balaban J connectivity index is -0.00000000800. The van der Waals surface area contributed by atoms with Gasteiger partial charge in [-0.25, -0.2) is 0 Å². The first-order valence-corrected chi connectivity index (χ1v) is 1.13. The van der Waals surface area contributed by atoms with Crippen molar-refractivity contribution in [1.82, 2.24) is 0 Å². The zero-order chi connectivity index (χ0) is 7.15. The van der Waals surface area contributed by atoms with E-state index in [4.69, 9.17) is 30.6 Å². The summed E-state index contributed by atoms with van der Waals surface area (Å²) in [7, 11) is 0. The summed E-state index contributed by atoms with van der Waals surface area (Å²) in [5.74, 6) is 0. The van der Waals surface area contributed by atoms with E-state index in [-0.39, 0.29) is 93.4 Å². The van der Waals surface area contributed by atoms with Gasteiger partial charge < -0.3 is 14.7 Å². The summed E-state index contributed by atoms with van der Waals surface area (Å²) >= 11 is 0. The Bertz CT molecular complexity index is 83.9. The molecule has 0 bridgehead atoms. The number of hydrogen-bond acceptors (Lipinski definition) is 4. The van der Waals surface area contributed by atoms with Crippen LogP contribution in [-0.4, -0.2) is 58.3 Å². The Kier molecular flexibility index (Phi) is 37.6. The van der Waals surface area contributed by atoms with Gasteiger partial charge in [0, 0.05) is 0 Å². The fourth-order valence-corrected chi connectivity index (χ4v) is 0. The van der Waals surface area contributed by atoms with Crippen molar-refractivity contribution in [3.05, 3.63) is 20.2 Å². The van der Waals surface area contributed by atoms with Gasteiger partial charge in [-0.2, -0.15) is 0 Å². The predicted molar refractivity (Wildman–Crippen MR) is 26.7 cm³/mol. The van der Waals surface area contributed by atoms with Crippen LogP contribution in [0.25, 0.3) is 0 Å². The average Bonchev–Trinajstić information content (AvgIpc) is 1.25. The van der Waals surface area contributed by atoms with Gasteiger partial charge in [0.25, 0.3) is 10.2 Å². The van der Waals surface area contributed by atoms with E-state index in [0.717, 1.165) is 0 Å². The number of nitrogens with zero attached hydrogens (tertiary/aromatic N) is 2. The summed E-state index contributed by atoms with van der Waals surface area (Å²) in [5, 5.41) is 27.3. The fourth-order valence-electron chi connectivity index (χ4n) is 0. The van der Waals surface area contributed by atoms with Gasteiger partial charge in [0.05, 0.1) is 0 Å². The van der Waals surface area contributed by atoms with Crippen molar-refractivity contribution in [2.75, 3.05) is 0 Å². The van der Waals surface area contributed by atoms with E-state index >= 15 is 0 Å². The summed E-state index contributed by atoms with van der Waals surface area (Å²) in [5.41, 5.74) is 0. The van der Waals surface area contributed by atoms with Crippen LogP contribution in [0.15, 0.2) is 0 Å². The molecule has 0 aliphatic carbocycles. The van der Waals surface area contributed by atoms with Crippen LogP contribution in [0.4, 0.5) is 0 Å². The van der Waals surface area contributed by atoms with Crippen LogP contribution in [0.3, 0.4) is 0 Å². The zero-order valence-corrected chi connectivity index (χ0v) is 10.5. The van der Waals surface area contributed by atoms with E-state index in [2.05, 4.69) is 0 Å². The molecule has 8 nitrogen and oxygen atoms in total. The van der Waals surface area contributed by atoms with E-state index in [1.165, 1.54) is 0 Å². The maximum atomic E-state index is 8.36. The van der Waals surface area contributed by atoms with Crippen LogP contribution in [0, 0.1) is 20.2 Å². The van der Waals surface area contributed by atoms with Crippen molar-refractivity contribution in [3.8, 4) is 0 Å². The third kappa shape index (κ3) is 381. The van der Waals surface area contributed by atoms with E-state index < -0.39 is 10.2 Å². The average molecular weight is 208 g/mol. The standard InChI is InChI=1S/Ca.K.2HNO3.3H/c;;2*2-1(3)4;;;/h;;2*(H,2,3,4);;;/q+2;+1;;;3*-1. The second-order valence-electron chi connectivity index (χ2n) is 0.476. The van der Waals surface area contributed by atoms with Crippen LogP contribution in [0.2, 0.25) is 0 Å². The fraction of sp³-hybridized carbons (Fsp3) is 0. The van der Waals surface area contributed by atoms with E-state index in [0.29, 0.717) is 0 Å². The third-order valence-electron chi connectivity index (χ3n) is 0. The van der Waals surface area contributed by atoms with Gasteiger partial charge >= 0.3 is 89.1 Å². The molecule has 0 spiro atoms. The normalized spacial score (nSPS) is 4.80. The Morgan fingerprint density at radius 3 is 1.10 bits per heavy atom. The summed E-state index contributed by atoms with van der Waals surface area (Å²) < 4.78 is 0. The Hall–Kier alpha value is 1.30. The Morgan fingerprint density at radius 1 is 1.10 bits per heavy atom. The topological polar surface area (TPSA) is 127 Å². The van der Waals surface area contributed by atoms with Crippen LogP contribution >= 0.6 is 0 Å². The van der Waals surface area contributed by atoms with Gasteiger partial charge in [0.15, 0.2) is 0 Å². The molecule has 0 fully saturated rings. The monoisotopic (exact) mass is 208 g/mol. The van der Waals surface area contributed by atoms with Crippen molar-refractivity contribution in [1.29, 1.82) is 0 Å². The quantitative estimate of drug-likeness (QED) is 0.239. The van der Waals surface area contributed by atoms with E-state index in [1.807, 2.05) is 0 Å². The van der Waals surface area contributed by atoms with E-state index in [9.17, 15) is 0 Å². The molecule has 0 unspecified atom stereocenters. The molecule has 54 valence electrons. The largest absolute Gasteiger partial charge is 2.00 e. The molecule has 0 aromatic heterocycles. The Morgan fingerprint density at radius 2 is 1.10 bits per heavy atom. The summed E-state index contributed by atoms with van der Waals surface area (Å²) in [6.07, 6.45) is 0. The summed E-state index contributed by atoms with van der Waals surface area (Å²) in [6, 6.07) is 0. The minimum absolute atomic E-state index is 0. The molecular weight excluding hydrogens is 203 g/mol. The molecular formula is H5CaKN2O6. The maximum absolute atomic E-state index is 8.36. The van der Waals surface area contributed by atoms with Crippen molar-refractivity contribution in [3.63, 3.8) is 0 Å². The smallest absolute Gasteiger partial charge is 1.00 e. The van der Waals surface area contributed by atoms with Gasteiger partial charge in [-0.1, -0.05) is 0 Å². The molecule has 0 rings (SSSR count). The molecule has 0 aliphatic rings. The van der Waals surface area contributed by atoms with Crippen LogP contribution in [0.5, 0.6) is 0 Å². The summed E-state index contributed by atoms with van der Waals surface area (Å²) in [4.78, 5) is 16.7. The van der Waals surface area contributed by atoms with Crippen LogP contribution in [0.1, 0.15) is 4.28 Å². The van der Waals surface area contributed by atoms with Gasteiger partial charge in [-0.15, -0.1) is 20.2 Å². The molecule has 0 aliphatic heterocycles.